The van der Waals surface area contributed by atoms with E-state index in [1.54, 1.807) is 0 Å². The number of halogens is 2. The second-order valence-corrected chi connectivity index (χ2v) is 6.65. The van der Waals surface area contributed by atoms with Crippen molar-refractivity contribution in [3.8, 4) is 0 Å². The molecule has 0 atom stereocenters. The molecule has 1 aromatic heterocycles. The fraction of sp³-hybridized carbons (Fsp3) is 0.312. The summed E-state index contributed by atoms with van der Waals surface area (Å²) in [5, 5.41) is 6.89. The van der Waals surface area contributed by atoms with Gasteiger partial charge in [-0.05, 0) is 42.8 Å². The molecule has 2 heterocycles. The zero-order chi connectivity index (χ0) is 16.9. The minimum atomic E-state index is 0.182. The first-order valence-electron chi connectivity index (χ1n) is 7.68. The zero-order valence-corrected chi connectivity index (χ0v) is 15.3. The fourth-order valence-corrected chi connectivity index (χ4v) is 3.10. The van der Waals surface area contributed by atoms with Crippen LogP contribution in [0.5, 0.6) is 0 Å². The summed E-state index contributed by atoms with van der Waals surface area (Å²) in [4.78, 5) is 10.4. The van der Waals surface area contributed by atoms with Gasteiger partial charge in [-0.2, -0.15) is 0 Å². The molecule has 0 amide bonds. The van der Waals surface area contributed by atoms with E-state index in [0.29, 0.717) is 17.5 Å². The summed E-state index contributed by atoms with van der Waals surface area (Å²) in [6, 6.07) is 8.53. The molecule has 2 aromatic rings. The maximum atomic E-state index is 5.96. The van der Waals surface area contributed by atoms with Gasteiger partial charge in [0.05, 0.1) is 6.20 Å². The number of rotatable bonds is 4. The molecule has 8 heteroatoms. The van der Waals surface area contributed by atoms with Gasteiger partial charge in [0.25, 0.3) is 0 Å². The highest BCUT2D eigenvalue weighted by Crippen LogP contribution is 2.20. The van der Waals surface area contributed by atoms with Crippen LogP contribution in [0.4, 0.5) is 11.5 Å². The first-order chi connectivity index (χ1) is 11.6. The third kappa shape index (κ3) is 4.47. The van der Waals surface area contributed by atoms with Crippen LogP contribution in [-0.2, 0) is 6.54 Å². The summed E-state index contributed by atoms with van der Waals surface area (Å²) < 4.78 is 0. The lowest BCUT2D eigenvalue weighted by molar-refractivity contribution is 0.919. The van der Waals surface area contributed by atoms with Crippen LogP contribution < -0.4 is 15.5 Å². The molecule has 126 valence electrons. The molecule has 3 rings (SSSR count). The maximum Gasteiger partial charge on any atom is 0.173 e. The first-order valence-corrected chi connectivity index (χ1v) is 8.85. The van der Waals surface area contributed by atoms with Crippen LogP contribution in [0.2, 0.25) is 10.3 Å². The quantitative estimate of drug-likeness (QED) is 0.783. The average Bonchev–Trinajstić information content (AvgIpc) is 3.11. The van der Waals surface area contributed by atoms with Gasteiger partial charge in [-0.3, -0.25) is 0 Å². The topological polar surface area (TPSA) is 53.1 Å². The van der Waals surface area contributed by atoms with Gasteiger partial charge in [0.15, 0.2) is 16.1 Å². The minimum absolute atomic E-state index is 0.182. The Morgan fingerprint density at radius 1 is 1.17 bits per heavy atom. The first kappa shape index (κ1) is 17.2. The Morgan fingerprint density at radius 2 is 1.88 bits per heavy atom. The number of aromatic nitrogens is 2. The molecule has 24 heavy (non-hydrogen) atoms. The number of thiocarbonyl (C=S) groups is 1. The standard InChI is InChI=1S/C16H17Cl2N5S/c17-13-10-19-15(14(18)21-13)22-16(24)20-9-11-3-5-12(6-4-11)23-7-1-2-8-23/h3-6,10H,1-2,7-9H2,(H2,19,20,22,24). The van der Waals surface area contributed by atoms with E-state index in [1.165, 1.54) is 24.7 Å². The number of hydrogen-bond acceptors (Lipinski definition) is 4. The number of nitrogens with one attached hydrogen (secondary N) is 2. The van der Waals surface area contributed by atoms with E-state index >= 15 is 0 Å². The molecule has 1 saturated heterocycles. The van der Waals surface area contributed by atoms with Gasteiger partial charge in [-0.15, -0.1) is 0 Å². The van der Waals surface area contributed by atoms with Crippen molar-refractivity contribution in [2.75, 3.05) is 23.3 Å². The van der Waals surface area contributed by atoms with Crippen molar-refractivity contribution in [1.82, 2.24) is 15.3 Å². The molecule has 0 aliphatic carbocycles. The second kappa shape index (κ2) is 7.96. The Kier molecular flexibility index (Phi) is 5.71. The molecule has 0 unspecified atom stereocenters. The van der Waals surface area contributed by atoms with E-state index in [-0.39, 0.29) is 10.3 Å². The molecular weight excluding hydrogens is 365 g/mol. The summed E-state index contributed by atoms with van der Waals surface area (Å²) in [5.74, 6) is 0.378. The molecular formula is C16H17Cl2N5S. The van der Waals surface area contributed by atoms with Gasteiger partial charge >= 0.3 is 0 Å². The van der Waals surface area contributed by atoms with E-state index in [4.69, 9.17) is 35.4 Å². The smallest absolute Gasteiger partial charge is 0.173 e. The number of nitrogens with zero attached hydrogens (tertiary/aromatic N) is 3. The highest BCUT2D eigenvalue weighted by atomic mass is 35.5. The van der Waals surface area contributed by atoms with Crippen LogP contribution in [0.15, 0.2) is 30.5 Å². The molecule has 1 fully saturated rings. The van der Waals surface area contributed by atoms with Crippen LogP contribution in [0.25, 0.3) is 0 Å². The summed E-state index contributed by atoms with van der Waals surface area (Å²) >= 11 is 16.9. The molecule has 5 nitrogen and oxygen atoms in total. The molecule has 0 radical (unpaired) electrons. The van der Waals surface area contributed by atoms with E-state index in [0.717, 1.165) is 18.7 Å². The summed E-state index contributed by atoms with van der Waals surface area (Å²) in [6.07, 6.45) is 3.97. The minimum Gasteiger partial charge on any atom is -0.372 e. The van der Waals surface area contributed by atoms with Crippen LogP contribution >= 0.6 is 35.4 Å². The van der Waals surface area contributed by atoms with Crippen LogP contribution in [0.3, 0.4) is 0 Å². The third-order valence-corrected chi connectivity index (χ3v) is 4.49. The van der Waals surface area contributed by atoms with Gasteiger partial charge in [-0.25, -0.2) is 9.97 Å². The third-order valence-electron chi connectivity index (χ3n) is 3.79. The van der Waals surface area contributed by atoms with Crippen molar-refractivity contribution in [3.63, 3.8) is 0 Å². The van der Waals surface area contributed by atoms with Gasteiger partial charge in [0.1, 0.15) is 5.15 Å². The molecule has 1 aliphatic rings. The Morgan fingerprint density at radius 3 is 2.54 bits per heavy atom. The summed E-state index contributed by atoms with van der Waals surface area (Å²) in [7, 11) is 0. The van der Waals surface area contributed by atoms with E-state index in [9.17, 15) is 0 Å². The summed E-state index contributed by atoms with van der Waals surface area (Å²) in [6.45, 7) is 2.91. The van der Waals surface area contributed by atoms with Crippen LogP contribution in [-0.4, -0.2) is 28.2 Å². The Balaban J connectivity index is 1.52. The Labute approximate surface area is 156 Å². The molecule has 0 saturated carbocycles. The molecule has 1 aromatic carbocycles. The monoisotopic (exact) mass is 381 g/mol. The van der Waals surface area contributed by atoms with E-state index in [1.807, 2.05) is 0 Å². The Bertz CT molecular complexity index is 717. The predicted molar refractivity (Wildman–Crippen MR) is 103 cm³/mol. The fourth-order valence-electron chi connectivity index (χ4n) is 2.56. The highest BCUT2D eigenvalue weighted by molar-refractivity contribution is 7.80. The lowest BCUT2D eigenvalue weighted by Gasteiger charge is -2.18. The van der Waals surface area contributed by atoms with Crippen molar-refractivity contribution in [2.24, 2.45) is 0 Å². The van der Waals surface area contributed by atoms with Crippen molar-refractivity contribution >= 4 is 52.0 Å². The van der Waals surface area contributed by atoms with E-state index in [2.05, 4.69) is 49.8 Å². The predicted octanol–water partition coefficient (Wildman–Crippen LogP) is 3.87. The van der Waals surface area contributed by atoms with Gasteiger partial charge in [0.2, 0.25) is 0 Å². The van der Waals surface area contributed by atoms with E-state index < -0.39 is 0 Å². The number of benzene rings is 1. The highest BCUT2D eigenvalue weighted by Gasteiger charge is 2.12. The second-order valence-electron chi connectivity index (χ2n) is 5.50. The molecule has 0 bridgehead atoms. The van der Waals surface area contributed by atoms with Gasteiger partial charge < -0.3 is 15.5 Å². The normalized spacial score (nSPS) is 13.8. The maximum absolute atomic E-state index is 5.96. The molecule has 1 aliphatic heterocycles. The van der Waals surface area contributed by atoms with Crippen molar-refractivity contribution in [3.05, 3.63) is 46.3 Å². The molecule has 0 spiro atoms. The lowest BCUT2D eigenvalue weighted by atomic mass is 10.2. The molecule has 2 N–H and O–H groups in total. The van der Waals surface area contributed by atoms with Crippen molar-refractivity contribution < 1.29 is 0 Å². The Hall–Kier alpha value is -1.63. The zero-order valence-electron chi connectivity index (χ0n) is 12.9. The number of hydrogen-bond donors (Lipinski definition) is 2. The largest absolute Gasteiger partial charge is 0.372 e. The van der Waals surface area contributed by atoms with Crippen molar-refractivity contribution in [1.29, 1.82) is 0 Å². The number of anilines is 2. The van der Waals surface area contributed by atoms with Gasteiger partial charge in [-0.1, -0.05) is 35.3 Å². The van der Waals surface area contributed by atoms with Crippen LogP contribution in [0.1, 0.15) is 18.4 Å². The van der Waals surface area contributed by atoms with Crippen LogP contribution in [0, 0.1) is 0 Å². The van der Waals surface area contributed by atoms with Crippen molar-refractivity contribution in [2.45, 2.75) is 19.4 Å². The average molecular weight is 382 g/mol. The van der Waals surface area contributed by atoms with Gasteiger partial charge in [0, 0.05) is 25.3 Å². The summed E-state index contributed by atoms with van der Waals surface area (Å²) in [5.41, 5.74) is 2.43. The lowest BCUT2D eigenvalue weighted by Crippen LogP contribution is -2.28. The SMILES string of the molecule is S=C(NCc1ccc(N2CCCC2)cc1)Nc1ncc(Cl)nc1Cl.